The van der Waals surface area contributed by atoms with Gasteiger partial charge in [0.2, 0.25) is 0 Å². The molecule has 0 bridgehead atoms. The van der Waals surface area contributed by atoms with Gasteiger partial charge >= 0.3 is 0 Å². The third-order valence-electron chi connectivity index (χ3n) is 4.72. The summed E-state index contributed by atoms with van der Waals surface area (Å²) in [5.41, 5.74) is 6.27. The van der Waals surface area contributed by atoms with E-state index in [1.165, 1.54) is 38.5 Å². The van der Waals surface area contributed by atoms with E-state index >= 15 is 0 Å². The highest BCUT2D eigenvalue weighted by Gasteiger charge is 2.36. The number of nitrogens with two attached hydrogens (primary N) is 1. The molecule has 0 spiro atoms. The van der Waals surface area contributed by atoms with Crippen LogP contribution in [0.15, 0.2) is 0 Å². The predicted molar refractivity (Wildman–Crippen MR) is 71.5 cm³/mol. The van der Waals surface area contributed by atoms with Crippen LogP contribution in [0, 0.1) is 11.8 Å². The molecule has 0 heterocycles. The number of hydrogen-bond donors (Lipinski definition) is 2. The molecule has 0 aromatic heterocycles. The van der Waals surface area contributed by atoms with Gasteiger partial charge in [-0.15, -0.1) is 0 Å². The first-order valence-electron chi connectivity index (χ1n) is 7.13. The SMILES string of the molecule is CCC(CC)CNC1(CN)CCCCC1C. The van der Waals surface area contributed by atoms with E-state index in [9.17, 15) is 0 Å². The average Bonchev–Trinajstić information content (AvgIpc) is 2.33. The van der Waals surface area contributed by atoms with Gasteiger partial charge < -0.3 is 11.1 Å². The molecule has 3 N–H and O–H groups in total. The van der Waals surface area contributed by atoms with Crippen molar-refractivity contribution in [1.29, 1.82) is 0 Å². The first-order valence-corrected chi connectivity index (χ1v) is 7.13. The van der Waals surface area contributed by atoms with Gasteiger partial charge in [-0.3, -0.25) is 0 Å². The lowest BCUT2D eigenvalue weighted by Crippen LogP contribution is -2.58. The van der Waals surface area contributed by atoms with Gasteiger partial charge in [0.05, 0.1) is 0 Å². The fraction of sp³-hybridized carbons (Fsp3) is 1.00. The molecule has 0 aromatic carbocycles. The molecule has 1 aliphatic carbocycles. The maximum atomic E-state index is 6.04. The molecule has 96 valence electrons. The Bertz CT molecular complexity index is 189. The monoisotopic (exact) mass is 226 g/mol. The summed E-state index contributed by atoms with van der Waals surface area (Å²) in [6.45, 7) is 8.89. The van der Waals surface area contributed by atoms with Crippen LogP contribution in [0.2, 0.25) is 0 Å². The molecule has 0 saturated heterocycles. The van der Waals surface area contributed by atoms with Crippen molar-refractivity contribution in [2.45, 2.75) is 64.8 Å². The highest BCUT2D eigenvalue weighted by molar-refractivity contribution is 4.96. The van der Waals surface area contributed by atoms with Crippen molar-refractivity contribution in [3.8, 4) is 0 Å². The van der Waals surface area contributed by atoms with E-state index in [-0.39, 0.29) is 5.54 Å². The van der Waals surface area contributed by atoms with Gasteiger partial charge in [0, 0.05) is 12.1 Å². The van der Waals surface area contributed by atoms with Crippen molar-refractivity contribution in [2.24, 2.45) is 17.6 Å². The molecule has 1 rings (SSSR count). The van der Waals surface area contributed by atoms with Crippen LogP contribution in [0.25, 0.3) is 0 Å². The van der Waals surface area contributed by atoms with Crippen molar-refractivity contribution in [3.63, 3.8) is 0 Å². The lowest BCUT2D eigenvalue weighted by atomic mass is 9.73. The van der Waals surface area contributed by atoms with Gasteiger partial charge in [-0.25, -0.2) is 0 Å². The average molecular weight is 226 g/mol. The molecular weight excluding hydrogens is 196 g/mol. The maximum Gasteiger partial charge on any atom is 0.0329 e. The summed E-state index contributed by atoms with van der Waals surface area (Å²) >= 11 is 0. The number of hydrogen-bond acceptors (Lipinski definition) is 2. The minimum atomic E-state index is 0.237. The molecule has 0 radical (unpaired) electrons. The van der Waals surface area contributed by atoms with Crippen molar-refractivity contribution in [2.75, 3.05) is 13.1 Å². The molecule has 2 atom stereocenters. The van der Waals surface area contributed by atoms with Crippen LogP contribution in [0.5, 0.6) is 0 Å². The largest absolute Gasteiger partial charge is 0.329 e. The highest BCUT2D eigenvalue weighted by Crippen LogP contribution is 2.33. The molecule has 0 aromatic rings. The van der Waals surface area contributed by atoms with E-state index in [0.717, 1.165) is 24.9 Å². The second-order valence-corrected chi connectivity index (χ2v) is 5.57. The fourth-order valence-electron chi connectivity index (χ4n) is 2.98. The maximum absolute atomic E-state index is 6.04. The van der Waals surface area contributed by atoms with Crippen molar-refractivity contribution in [1.82, 2.24) is 5.32 Å². The summed E-state index contributed by atoms with van der Waals surface area (Å²) < 4.78 is 0. The predicted octanol–water partition coefficient (Wildman–Crippen LogP) is 2.92. The summed E-state index contributed by atoms with van der Waals surface area (Å²) in [6.07, 6.45) is 7.89. The summed E-state index contributed by atoms with van der Waals surface area (Å²) in [5, 5.41) is 3.81. The summed E-state index contributed by atoms with van der Waals surface area (Å²) in [6, 6.07) is 0. The van der Waals surface area contributed by atoms with Gasteiger partial charge in [0.1, 0.15) is 0 Å². The third kappa shape index (κ3) is 3.21. The lowest BCUT2D eigenvalue weighted by molar-refractivity contribution is 0.153. The Kier molecular flexibility index (Phi) is 5.77. The molecular formula is C14H30N2. The van der Waals surface area contributed by atoms with Crippen LogP contribution >= 0.6 is 0 Å². The van der Waals surface area contributed by atoms with Crippen molar-refractivity contribution in [3.05, 3.63) is 0 Å². The molecule has 0 aliphatic heterocycles. The van der Waals surface area contributed by atoms with E-state index in [1.807, 2.05) is 0 Å². The smallest absolute Gasteiger partial charge is 0.0329 e. The Labute approximate surface area is 101 Å². The lowest BCUT2D eigenvalue weighted by Gasteiger charge is -2.43. The molecule has 0 amide bonds. The van der Waals surface area contributed by atoms with Gasteiger partial charge in [0.15, 0.2) is 0 Å². The van der Waals surface area contributed by atoms with E-state index < -0.39 is 0 Å². The van der Waals surface area contributed by atoms with E-state index in [0.29, 0.717) is 0 Å². The van der Waals surface area contributed by atoms with Crippen LogP contribution in [-0.4, -0.2) is 18.6 Å². The van der Waals surface area contributed by atoms with Gasteiger partial charge in [-0.1, -0.05) is 46.5 Å². The Balaban J connectivity index is 2.51. The second kappa shape index (κ2) is 6.61. The third-order valence-corrected chi connectivity index (χ3v) is 4.72. The van der Waals surface area contributed by atoms with Crippen LogP contribution in [0.4, 0.5) is 0 Å². The highest BCUT2D eigenvalue weighted by atomic mass is 15.0. The van der Waals surface area contributed by atoms with Gasteiger partial charge in [-0.05, 0) is 31.2 Å². The molecule has 16 heavy (non-hydrogen) atoms. The molecule has 2 heteroatoms. The minimum Gasteiger partial charge on any atom is -0.329 e. The van der Waals surface area contributed by atoms with Gasteiger partial charge in [-0.2, -0.15) is 0 Å². The van der Waals surface area contributed by atoms with Crippen LogP contribution in [-0.2, 0) is 0 Å². The minimum absolute atomic E-state index is 0.237. The molecule has 1 saturated carbocycles. The Morgan fingerprint density at radius 1 is 1.31 bits per heavy atom. The van der Waals surface area contributed by atoms with Crippen LogP contribution in [0.1, 0.15) is 59.3 Å². The van der Waals surface area contributed by atoms with Crippen molar-refractivity contribution >= 4 is 0 Å². The summed E-state index contributed by atoms with van der Waals surface area (Å²) in [5.74, 6) is 1.55. The normalized spacial score (nSPS) is 30.9. The van der Waals surface area contributed by atoms with Crippen LogP contribution < -0.4 is 11.1 Å². The molecule has 1 aliphatic rings. The fourth-order valence-corrected chi connectivity index (χ4v) is 2.98. The van der Waals surface area contributed by atoms with Crippen molar-refractivity contribution < 1.29 is 0 Å². The molecule has 1 fully saturated rings. The molecule has 2 nitrogen and oxygen atoms in total. The summed E-state index contributed by atoms with van der Waals surface area (Å²) in [4.78, 5) is 0. The van der Waals surface area contributed by atoms with Crippen LogP contribution in [0.3, 0.4) is 0 Å². The first-order chi connectivity index (χ1) is 7.68. The zero-order valence-corrected chi connectivity index (χ0v) is 11.4. The Hall–Kier alpha value is -0.0800. The zero-order chi connectivity index (χ0) is 12.0. The molecule has 2 unspecified atom stereocenters. The Morgan fingerprint density at radius 2 is 2.00 bits per heavy atom. The quantitative estimate of drug-likeness (QED) is 0.731. The van der Waals surface area contributed by atoms with Gasteiger partial charge in [0.25, 0.3) is 0 Å². The van der Waals surface area contributed by atoms with E-state index in [1.54, 1.807) is 0 Å². The van der Waals surface area contributed by atoms with E-state index in [2.05, 4.69) is 26.1 Å². The standard InChI is InChI=1S/C14H30N2/c1-4-13(5-2)10-16-14(11-15)9-7-6-8-12(14)3/h12-13,16H,4-11,15H2,1-3H3. The second-order valence-electron chi connectivity index (χ2n) is 5.57. The summed E-state index contributed by atoms with van der Waals surface area (Å²) in [7, 11) is 0. The Morgan fingerprint density at radius 3 is 2.50 bits per heavy atom. The zero-order valence-electron chi connectivity index (χ0n) is 11.4. The topological polar surface area (TPSA) is 38.0 Å². The first kappa shape index (κ1) is 14.0. The van der Waals surface area contributed by atoms with E-state index in [4.69, 9.17) is 5.73 Å². The number of nitrogens with one attached hydrogen (secondary N) is 1. The number of rotatable bonds is 6.